The number of hydrogen-bond acceptors (Lipinski definition) is 5. The number of pyridine rings is 3. The third-order valence-electron chi connectivity index (χ3n) is 6.22. The molecule has 1 aromatic carbocycles. The molecular formula is C27H21ClN6O. The third-order valence-corrected chi connectivity index (χ3v) is 6.47. The fourth-order valence-electron chi connectivity index (χ4n) is 4.33. The van der Waals surface area contributed by atoms with Crippen molar-refractivity contribution in [3.05, 3.63) is 111 Å². The van der Waals surface area contributed by atoms with E-state index < -0.39 is 5.54 Å². The molecule has 0 radical (unpaired) electrons. The summed E-state index contributed by atoms with van der Waals surface area (Å²) < 4.78 is 3.37. The van der Waals surface area contributed by atoms with Crippen LogP contribution < -0.4 is 11.3 Å². The van der Waals surface area contributed by atoms with Gasteiger partial charge in [-0.15, -0.1) is 6.42 Å². The maximum Gasteiger partial charge on any atom is 0.252 e. The second-order valence-electron chi connectivity index (χ2n) is 8.31. The number of halogens is 1. The van der Waals surface area contributed by atoms with Gasteiger partial charge in [-0.2, -0.15) is 0 Å². The van der Waals surface area contributed by atoms with E-state index in [4.69, 9.17) is 23.8 Å². The zero-order chi connectivity index (χ0) is 24.7. The average molecular weight is 481 g/mol. The van der Waals surface area contributed by atoms with Gasteiger partial charge in [-0.05, 0) is 35.9 Å². The molecule has 0 bridgehead atoms. The van der Waals surface area contributed by atoms with Gasteiger partial charge in [-0.25, -0.2) is 15.0 Å². The van der Waals surface area contributed by atoms with Gasteiger partial charge in [-0.3, -0.25) is 9.36 Å². The lowest BCUT2D eigenvalue weighted by molar-refractivity contribution is 0.594. The lowest BCUT2D eigenvalue weighted by Gasteiger charge is -2.31. The van der Waals surface area contributed by atoms with Gasteiger partial charge >= 0.3 is 0 Å². The molecule has 5 rings (SSSR count). The standard InChI is InChI=1S/C27H21ClN6O/c1-4-20-6-5-7-23(32-20)21-13-25(35)34(3)26-22(21)12-18(14-31-26)27(29,24-15-30-16-33(24)2)17-8-10-19(28)11-9-17/h1,5-16H,29H2,2-3H3/t27-/m1/s1. The molecule has 0 amide bonds. The highest BCUT2D eigenvalue weighted by atomic mass is 35.5. The first-order valence-corrected chi connectivity index (χ1v) is 11.2. The van der Waals surface area contributed by atoms with Crippen LogP contribution in [0.2, 0.25) is 5.02 Å². The monoisotopic (exact) mass is 480 g/mol. The highest BCUT2D eigenvalue weighted by molar-refractivity contribution is 6.30. The molecule has 0 aliphatic rings. The highest BCUT2D eigenvalue weighted by Crippen LogP contribution is 2.36. The summed E-state index contributed by atoms with van der Waals surface area (Å²) in [6.45, 7) is 0. The number of hydrogen-bond donors (Lipinski definition) is 1. The number of imidazole rings is 1. The van der Waals surface area contributed by atoms with E-state index in [1.807, 2.05) is 41.9 Å². The third kappa shape index (κ3) is 3.69. The molecule has 2 N–H and O–H groups in total. The zero-order valence-electron chi connectivity index (χ0n) is 19.1. The lowest BCUT2D eigenvalue weighted by Crippen LogP contribution is -2.41. The van der Waals surface area contributed by atoms with Gasteiger partial charge in [0.1, 0.15) is 16.9 Å². The Morgan fingerprint density at radius 3 is 2.51 bits per heavy atom. The van der Waals surface area contributed by atoms with Crippen LogP contribution in [0.25, 0.3) is 22.3 Å². The predicted octanol–water partition coefficient (Wildman–Crippen LogP) is 3.61. The van der Waals surface area contributed by atoms with Crippen LogP contribution in [0.15, 0.2) is 78.1 Å². The quantitative estimate of drug-likeness (QED) is 0.397. The first kappa shape index (κ1) is 22.5. The van der Waals surface area contributed by atoms with E-state index in [9.17, 15) is 4.79 Å². The molecular weight excluding hydrogens is 460 g/mol. The fourth-order valence-corrected chi connectivity index (χ4v) is 4.46. The first-order valence-electron chi connectivity index (χ1n) is 10.8. The Hall–Kier alpha value is -4.25. The van der Waals surface area contributed by atoms with Crippen LogP contribution in [0.3, 0.4) is 0 Å². The van der Waals surface area contributed by atoms with Crippen LogP contribution in [0.4, 0.5) is 0 Å². The number of nitrogens with two attached hydrogens (primary N) is 1. The van der Waals surface area contributed by atoms with Crippen LogP contribution in [0.5, 0.6) is 0 Å². The van der Waals surface area contributed by atoms with Gasteiger partial charge in [0, 0.05) is 47.9 Å². The van der Waals surface area contributed by atoms with E-state index in [1.165, 1.54) is 4.57 Å². The maximum atomic E-state index is 12.8. The molecule has 0 fully saturated rings. The van der Waals surface area contributed by atoms with Crippen LogP contribution in [0.1, 0.15) is 22.5 Å². The van der Waals surface area contributed by atoms with Crippen LogP contribution in [0, 0.1) is 12.3 Å². The molecule has 0 saturated carbocycles. The van der Waals surface area contributed by atoms with Crippen molar-refractivity contribution in [1.82, 2.24) is 24.1 Å². The van der Waals surface area contributed by atoms with E-state index in [-0.39, 0.29) is 5.56 Å². The van der Waals surface area contributed by atoms with Crippen LogP contribution >= 0.6 is 11.6 Å². The molecule has 172 valence electrons. The molecule has 5 aromatic rings. The number of benzene rings is 1. The smallest absolute Gasteiger partial charge is 0.252 e. The topological polar surface area (TPSA) is 91.6 Å². The molecule has 8 heteroatoms. The second-order valence-corrected chi connectivity index (χ2v) is 8.74. The van der Waals surface area contributed by atoms with Crippen molar-refractivity contribution < 1.29 is 0 Å². The van der Waals surface area contributed by atoms with E-state index in [0.29, 0.717) is 33.2 Å². The fraction of sp³-hybridized carbons (Fsp3) is 0.111. The van der Waals surface area contributed by atoms with Crippen molar-refractivity contribution in [2.24, 2.45) is 19.8 Å². The Balaban J connectivity index is 1.84. The van der Waals surface area contributed by atoms with Gasteiger partial charge < -0.3 is 10.3 Å². The number of rotatable bonds is 4. The van der Waals surface area contributed by atoms with Crippen molar-refractivity contribution in [3.63, 3.8) is 0 Å². The molecule has 4 heterocycles. The summed E-state index contributed by atoms with van der Waals surface area (Å²) in [7, 11) is 3.57. The van der Waals surface area contributed by atoms with Crippen molar-refractivity contribution in [3.8, 4) is 23.6 Å². The van der Waals surface area contributed by atoms with Crippen molar-refractivity contribution in [1.29, 1.82) is 0 Å². The molecule has 35 heavy (non-hydrogen) atoms. The van der Waals surface area contributed by atoms with Gasteiger partial charge in [0.15, 0.2) is 0 Å². The Morgan fingerprint density at radius 1 is 1.06 bits per heavy atom. The first-order chi connectivity index (χ1) is 16.8. The minimum absolute atomic E-state index is 0.205. The van der Waals surface area contributed by atoms with Crippen molar-refractivity contribution in [2.75, 3.05) is 0 Å². The minimum atomic E-state index is -1.10. The Labute approximate surface area is 206 Å². The largest absolute Gasteiger partial charge is 0.336 e. The van der Waals surface area contributed by atoms with Crippen molar-refractivity contribution >= 4 is 22.6 Å². The van der Waals surface area contributed by atoms with E-state index in [1.54, 1.807) is 50.0 Å². The number of aryl methyl sites for hydroxylation is 2. The Bertz CT molecular complexity index is 1680. The predicted molar refractivity (Wildman–Crippen MR) is 137 cm³/mol. The summed E-state index contributed by atoms with van der Waals surface area (Å²) in [6, 6.07) is 16.2. The molecule has 1 atom stereocenters. The molecule has 7 nitrogen and oxygen atoms in total. The summed E-state index contributed by atoms with van der Waals surface area (Å²) in [6.07, 6.45) is 10.7. The van der Waals surface area contributed by atoms with Gasteiger partial charge in [0.25, 0.3) is 5.56 Å². The lowest BCUT2D eigenvalue weighted by atomic mass is 9.81. The molecule has 4 aromatic heterocycles. The summed E-state index contributed by atoms with van der Waals surface area (Å²) in [5.41, 5.74) is 10.4. The van der Waals surface area contributed by atoms with Gasteiger partial charge in [0.05, 0.1) is 23.9 Å². The van der Waals surface area contributed by atoms with Gasteiger partial charge in [-0.1, -0.05) is 35.7 Å². The molecule has 0 unspecified atom stereocenters. The van der Waals surface area contributed by atoms with E-state index in [2.05, 4.69) is 20.9 Å². The van der Waals surface area contributed by atoms with Crippen LogP contribution in [-0.4, -0.2) is 24.1 Å². The molecule has 0 saturated heterocycles. The van der Waals surface area contributed by atoms with E-state index in [0.717, 1.165) is 16.6 Å². The number of fused-ring (bicyclic) bond motifs is 1. The number of aromatic nitrogens is 5. The molecule has 0 aliphatic carbocycles. The zero-order valence-corrected chi connectivity index (χ0v) is 19.9. The Morgan fingerprint density at radius 2 is 1.83 bits per heavy atom. The average Bonchev–Trinajstić information content (AvgIpc) is 3.32. The second kappa shape index (κ2) is 8.51. The summed E-state index contributed by atoms with van der Waals surface area (Å²) in [5.74, 6) is 2.55. The normalized spacial score (nSPS) is 12.9. The van der Waals surface area contributed by atoms with Crippen molar-refractivity contribution in [2.45, 2.75) is 5.54 Å². The number of terminal acetylenes is 1. The summed E-state index contributed by atoms with van der Waals surface area (Å²) >= 11 is 6.16. The Kier molecular flexibility index (Phi) is 5.48. The number of nitrogens with zero attached hydrogens (tertiary/aromatic N) is 5. The van der Waals surface area contributed by atoms with E-state index >= 15 is 0 Å². The van der Waals surface area contributed by atoms with Gasteiger partial charge in [0.2, 0.25) is 0 Å². The SMILES string of the molecule is C#Cc1cccc(-c2cc(=O)n(C)c3ncc([C@](N)(c4ccc(Cl)cc4)c4cncn4C)cc23)n1. The minimum Gasteiger partial charge on any atom is -0.336 e. The van der Waals surface area contributed by atoms with Crippen LogP contribution in [-0.2, 0) is 19.6 Å². The highest BCUT2D eigenvalue weighted by Gasteiger charge is 2.35. The molecule has 0 aliphatic heterocycles. The summed E-state index contributed by atoms with van der Waals surface area (Å²) in [4.78, 5) is 26.3. The maximum absolute atomic E-state index is 12.8. The summed E-state index contributed by atoms with van der Waals surface area (Å²) in [5, 5.41) is 1.33. The molecule has 0 spiro atoms.